The molecule has 116 valence electrons. The lowest BCUT2D eigenvalue weighted by molar-refractivity contribution is -0.144. The SMILES string of the molecule is CC(C(=O)O)C(C)C(O)c1cc(Br)c2c(c1)OCCCO2. The van der Waals surface area contributed by atoms with E-state index in [1.807, 2.05) is 0 Å². The Kier molecular flexibility index (Phi) is 5.11. The summed E-state index contributed by atoms with van der Waals surface area (Å²) in [6.07, 6.45) is -0.0876. The average molecular weight is 359 g/mol. The maximum absolute atomic E-state index is 11.1. The highest BCUT2D eigenvalue weighted by Gasteiger charge is 2.28. The molecule has 1 heterocycles. The number of aliphatic carboxylic acids is 1. The van der Waals surface area contributed by atoms with Crippen molar-refractivity contribution in [3.63, 3.8) is 0 Å². The topological polar surface area (TPSA) is 76.0 Å². The number of carbonyl (C=O) groups is 1. The van der Waals surface area contributed by atoms with Crippen molar-refractivity contribution in [2.45, 2.75) is 26.4 Å². The summed E-state index contributed by atoms with van der Waals surface area (Å²) >= 11 is 3.42. The molecule has 0 spiro atoms. The normalized spacial score (nSPS) is 18.5. The van der Waals surface area contributed by atoms with Crippen molar-refractivity contribution in [2.24, 2.45) is 11.8 Å². The van der Waals surface area contributed by atoms with Gasteiger partial charge in [0, 0.05) is 6.42 Å². The van der Waals surface area contributed by atoms with E-state index in [1.165, 1.54) is 0 Å². The Labute approximate surface area is 132 Å². The molecular weight excluding hydrogens is 340 g/mol. The largest absolute Gasteiger partial charge is 0.490 e. The minimum absolute atomic E-state index is 0.417. The van der Waals surface area contributed by atoms with E-state index in [0.717, 1.165) is 6.42 Å². The minimum Gasteiger partial charge on any atom is -0.490 e. The molecule has 2 rings (SSSR count). The molecule has 0 radical (unpaired) electrons. The molecule has 21 heavy (non-hydrogen) atoms. The lowest BCUT2D eigenvalue weighted by atomic mass is 9.87. The van der Waals surface area contributed by atoms with Crippen molar-refractivity contribution in [3.8, 4) is 11.5 Å². The zero-order valence-corrected chi connectivity index (χ0v) is 13.6. The number of carboxylic acids is 1. The molecule has 0 aromatic heterocycles. The zero-order valence-electron chi connectivity index (χ0n) is 12.0. The Hall–Kier alpha value is -1.27. The molecule has 1 aliphatic heterocycles. The van der Waals surface area contributed by atoms with Crippen LogP contribution < -0.4 is 9.47 Å². The number of benzene rings is 1. The van der Waals surface area contributed by atoms with Gasteiger partial charge in [0.1, 0.15) is 0 Å². The third kappa shape index (κ3) is 3.49. The van der Waals surface area contributed by atoms with Gasteiger partial charge in [-0.25, -0.2) is 0 Å². The van der Waals surface area contributed by atoms with E-state index in [9.17, 15) is 9.90 Å². The van der Waals surface area contributed by atoms with Crippen molar-refractivity contribution >= 4 is 21.9 Å². The summed E-state index contributed by atoms with van der Waals surface area (Å²) < 4.78 is 11.9. The molecule has 1 aliphatic rings. The van der Waals surface area contributed by atoms with Crippen LogP contribution in [-0.2, 0) is 4.79 Å². The number of carboxylic acid groups (broad SMARTS) is 1. The lowest BCUT2D eigenvalue weighted by Gasteiger charge is -2.23. The number of ether oxygens (including phenoxy) is 2. The van der Waals surface area contributed by atoms with Crippen molar-refractivity contribution in [2.75, 3.05) is 13.2 Å². The van der Waals surface area contributed by atoms with Crippen LogP contribution in [-0.4, -0.2) is 29.4 Å². The highest BCUT2D eigenvalue weighted by atomic mass is 79.9. The Morgan fingerprint density at radius 2 is 1.95 bits per heavy atom. The summed E-state index contributed by atoms with van der Waals surface area (Å²) in [5.74, 6) is -0.780. The van der Waals surface area contributed by atoms with Crippen molar-refractivity contribution in [1.29, 1.82) is 0 Å². The zero-order chi connectivity index (χ0) is 15.6. The molecule has 0 amide bonds. The molecule has 5 nitrogen and oxygen atoms in total. The lowest BCUT2D eigenvalue weighted by Crippen LogP contribution is -2.24. The summed E-state index contributed by atoms with van der Waals surface area (Å²) in [6.45, 7) is 4.45. The van der Waals surface area contributed by atoms with E-state index in [-0.39, 0.29) is 0 Å². The molecular formula is C15H19BrO5. The summed E-state index contributed by atoms with van der Waals surface area (Å²) in [6, 6.07) is 3.48. The maximum Gasteiger partial charge on any atom is 0.306 e. The molecule has 2 N–H and O–H groups in total. The van der Waals surface area contributed by atoms with Gasteiger partial charge in [-0.1, -0.05) is 13.8 Å². The van der Waals surface area contributed by atoms with Crippen LogP contribution in [0.4, 0.5) is 0 Å². The Bertz CT molecular complexity index is 531. The van der Waals surface area contributed by atoms with Gasteiger partial charge in [-0.05, 0) is 39.5 Å². The van der Waals surface area contributed by atoms with Gasteiger partial charge in [0.2, 0.25) is 0 Å². The third-order valence-corrected chi connectivity index (χ3v) is 4.43. The smallest absolute Gasteiger partial charge is 0.306 e. The van der Waals surface area contributed by atoms with Gasteiger partial charge in [-0.15, -0.1) is 0 Å². The van der Waals surface area contributed by atoms with Crippen LogP contribution in [0.3, 0.4) is 0 Å². The molecule has 6 heteroatoms. The van der Waals surface area contributed by atoms with E-state index < -0.39 is 23.9 Å². The van der Waals surface area contributed by atoms with Gasteiger partial charge < -0.3 is 19.7 Å². The van der Waals surface area contributed by atoms with E-state index in [1.54, 1.807) is 26.0 Å². The Balaban J connectivity index is 2.30. The highest BCUT2D eigenvalue weighted by molar-refractivity contribution is 9.10. The first-order valence-electron chi connectivity index (χ1n) is 6.91. The van der Waals surface area contributed by atoms with Crippen LogP contribution in [0.2, 0.25) is 0 Å². The maximum atomic E-state index is 11.1. The highest BCUT2D eigenvalue weighted by Crippen LogP contribution is 2.41. The van der Waals surface area contributed by atoms with Crippen LogP contribution in [0.1, 0.15) is 31.9 Å². The number of hydrogen-bond donors (Lipinski definition) is 2. The quantitative estimate of drug-likeness (QED) is 0.864. The number of aliphatic hydroxyl groups is 1. The number of fused-ring (bicyclic) bond motifs is 1. The van der Waals surface area contributed by atoms with Crippen LogP contribution >= 0.6 is 15.9 Å². The summed E-state index contributed by atoms with van der Waals surface area (Å²) in [5.41, 5.74) is 0.617. The van der Waals surface area contributed by atoms with Crippen LogP contribution in [0.25, 0.3) is 0 Å². The second-order valence-electron chi connectivity index (χ2n) is 5.31. The number of rotatable bonds is 4. The molecule has 1 aromatic rings. The van der Waals surface area contributed by atoms with Gasteiger partial charge in [-0.3, -0.25) is 4.79 Å². The minimum atomic E-state index is -0.921. The third-order valence-electron chi connectivity index (χ3n) is 3.84. The predicted octanol–water partition coefficient (Wildman–Crippen LogP) is 3.00. The fraction of sp³-hybridized carbons (Fsp3) is 0.533. The Morgan fingerprint density at radius 1 is 1.29 bits per heavy atom. The summed E-state index contributed by atoms with van der Waals surface area (Å²) in [4.78, 5) is 11.1. The van der Waals surface area contributed by atoms with Gasteiger partial charge in [0.25, 0.3) is 0 Å². The average Bonchev–Trinajstić information content (AvgIpc) is 2.70. The van der Waals surface area contributed by atoms with Crippen molar-refractivity contribution < 1.29 is 24.5 Å². The molecule has 0 fully saturated rings. The number of aliphatic hydroxyl groups excluding tert-OH is 1. The Morgan fingerprint density at radius 3 is 2.62 bits per heavy atom. The van der Waals surface area contributed by atoms with E-state index in [0.29, 0.717) is 34.7 Å². The van der Waals surface area contributed by atoms with Crippen molar-refractivity contribution in [1.82, 2.24) is 0 Å². The molecule has 0 saturated heterocycles. The van der Waals surface area contributed by atoms with Crippen LogP contribution in [0.5, 0.6) is 11.5 Å². The van der Waals surface area contributed by atoms with Gasteiger partial charge in [0.05, 0.1) is 29.7 Å². The van der Waals surface area contributed by atoms with E-state index in [2.05, 4.69) is 15.9 Å². The second-order valence-corrected chi connectivity index (χ2v) is 6.17. The molecule has 3 unspecified atom stereocenters. The molecule has 0 aliphatic carbocycles. The van der Waals surface area contributed by atoms with Crippen LogP contribution in [0.15, 0.2) is 16.6 Å². The van der Waals surface area contributed by atoms with Crippen molar-refractivity contribution in [3.05, 3.63) is 22.2 Å². The number of halogens is 1. The summed E-state index contributed by atoms with van der Waals surface area (Å²) in [7, 11) is 0. The first-order chi connectivity index (χ1) is 9.91. The molecule has 0 bridgehead atoms. The first-order valence-corrected chi connectivity index (χ1v) is 7.71. The van der Waals surface area contributed by atoms with Gasteiger partial charge in [0.15, 0.2) is 11.5 Å². The van der Waals surface area contributed by atoms with Gasteiger partial charge in [-0.2, -0.15) is 0 Å². The monoisotopic (exact) mass is 358 g/mol. The van der Waals surface area contributed by atoms with Gasteiger partial charge >= 0.3 is 5.97 Å². The first kappa shape index (κ1) is 16.1. The fourth-order valence-corrected chi connectivity index (χ4v) is 2.80. The fourth-order valence-electron chi connectivity index (χ4n) is 2.22. The molecule has 0 saturated carbocycles. The van der Waals surface area contributed by atoms with E-state index >= 15 is 0 Å². The number of hydrogen-bond acceptors (Lipinski definition) is 4. The molecule has 1 aromatic carbocycles. The van der Waals surface area contributed by atoms with Crippen LogP contribution in [0, 0.1) is 11.8 Å². The second kappa shape index (κ2) is 6.66. The molecule has 3 atom stereocenters. The van der Waals surface area contributed by atoms with E-state index in [4.69, 9.17) is 14.6 Å². The summed E-state index contributed by atoms with van der Waals surface area (Å²) in [5, 5.41) is 19.5. The predicted molar refractivity (Wildman–Crippen MR) is 80.7 cm³/mol. The standard InChI is InChI=1S/C15H19BrO5/c1-8(9(2)15(18)19)13(17)10-6-11(16)14-12(7-10)20-4-3-5-21-14/h6-9,13,17H,3-5H2,1-2H3,(H,18,19).